The van der Waals surface area contributed by atoms with Crippen LogP contribution in [0.4, 0.5) is 0 Å². The monoisotopic (exact) mass is 280 g/mol. The highest BCUT2D eigenvalue weighted by atomic mass is 16.5. The van der Waals surface area contributed by atoms with Gasteiger partial charge in [-0.05, 0) is 0 Å². The third-order valence-corrected chi connectivity index (χ3v) is 2.75. The Morgan fingerprint density at radius 2 is 1.70 bits per heavy atom. The highest BCUT2D eigenvalue weighted by Crippen LogP contribution is 2.35. The first-order valence-electron chi connectivity index (χ1n) is 5.53. The molecular weight excluding hydrogens is 268 g/mol. The molecule has 2 rings (SSSR count). The van der Waals surface area contributed by atoms with Crippen molar-refractivity contribution in [3.05, 3.63) is 32.3 Å². The van der Waals surface area contributed by atoms with Crippen molar-refractivity contribution in [2.24, 2.45) is 0 Å². The van der Waals surface area contributed by atoms with Crippen LogP contribution >= 0.6 is 0 Å². The largest absolute Gasteiger partial charge is 0.493 e. The second-order valence-corrected chi connectivity index (χ2v) is 3.81. The van der Waals surface area contributed by atoms with Gasteiger partial charge in [-0.2, -0.15) is 0 Å². The van der Waals surface area contributed by atoms with E-state index in [4.69, 9.17) is 9.47 Å². The van der Waals surface area contributed by atoms with Gasteiger partial charge in [-0.25, -0.2) is 4.79 Å². The van der Waals surface area contributed by atoms with E-state index >= 15 is 0 Å². The first-order chi connectivity index (χ1) is 9.53. The van der Waals surface area contributed by atoms with E-state index in [-0.39, 0.29) is 28.1 Å². The van der Waals surface area contributed by atoms with Crippen LogP contribution in [-0.2, 0) is 4.74 Å². The molecular formula is C12H12N2O6. The second-order valence-electron chi connectivity index (χ2n) is 3.81. The van der Waals surface area contributed by atoms with Crippen LogP contribution in [0.15, 0.2) is 15.7 Å². The van der Waals surface area contributed by atoms with E-state index in [0.717, 1.165) is 0 Å². The molecule has 0 saturated carbocycles. The van der Waals surface area contributed by atoms with E-state index in [1.165, 1.54) is 27.4 Å². The summed E-state index contributed by atoms with van der Waals surface area (Å²) >= 11 is 0. The number of benzene rings is 1. The zero-order valence-corrected chi connectivity index (χ0v) is 11.0. The molecule has 0 bridgehead atoms. The molecule has 0 amide bonds. The SMILES string of the molecule is COC(=O)c1c(OC)c(OC)cc2[nH]c(=O)c(=O)[nH]c12. The van der Waals surface area contributed by atoms with Crippen molar-refractivity contribution >= 4 is 17.0 Å². The van der Waals surface area contributed by atoms with Crippen molar-refractivity contribution in [1.82, 2.24) is 9.97 Å². The number of H-pyrrole nitrogens is 2. The lowest BCUT2D eigenvalue weighted by molar-refractivity contribution is 0.0598. The fourth-order valence-electron chi connectivity index (χ4n) is 1.87. The number of hydrogen-bond acceptors (Lipinski definition) is 6. The molecule has 0 aliphatic heterocycles. The number of hydrogen-bond donors (Lipinski definition) is 2. The molecule has 8 heteroatoms. The Kier molecular flexibility index (Phi) is 3.47. The van der Waals surface area contributed by atoms with Crippen LogP contribution in [0.3, 0.4) is 0 Å². The predicted octanol–water partition coefficient (Wildman–Crippen LogP) is 0.0202. The average molecular weight is 280 g/mol. The molecule has 0 radical (unpaired) electrons. The van der Waals surface area contributed by atoms with E-state index in [9.17, 15) is 14.4 Å². The Balaban J connectivity index is 3.01. The smallest absolute Gasteiger partial charge is 0.344 e. The number of aromatic nitrogens is 2. The van der Waals surface area contributed by atoms with Crippen molar-refractivity contribution < 1.29 is 19.0 Å². The Morgan fingerprint density at radius 3 is 2.25 bits per heavy atom. The van der Waals surface area contributed by atoms with Crippen LogP contribution in [0.25, 0.3) is 11.0 Å². The molecule has 0 aliphatic carbocycles. The van der Waals surface area contributed by atoms with E-state index < -0.39 is 17.1 Å². The summed E-state index contributed by atoms with van der Waals surface area (Å²) in [6.07, 6.45) is 0. The van der Waals surface area contributed by atoms with Crippen LogP contribution in [0.5, 0.6) is 11.5 Å². The fourth-order valence-corrected chi connectivity index (χ4v) is 1.87. The minimum atomic E-state index is -0.880. The Bertz CT molecular complexity index is 789. The topological polar surface area (TPSA) is 110 Å². The number of rotatable bonds is 3. The molecule has 0 aliphatic rings. The number of aromatic amines is 2. The zero-order chi connectivity index (χ0) is 14.9. The minimum absolute atomic E-state index is 0.0299. The van der Waals surface area contributed by atoms with E-state index in [2.05, 4.69) is 14.7 Å². The Hall–Kier alpha value is -2.77. The van der Waals surface area contributed by atoms with Gasteiger partial charge in [0.15, 0.2) is 11.5 Å². The minimum Gasteiger partial charge on any atom is -0.493 e. The predicted molar refractivity (Wildman–Crippen MR) is 69.6 cm³/mol. The molecule has 1 aromatic heterocycles. The molecule has 2 N–H and O–H groups in total. The zero-order valence-electron chi connectivity index (χ0n) is 11.0. The van der Waals surface area contributed by atoms with E-state index in [0.29, 0.717) is 0 Å². The summed E-state index contributed by atoms with van der Waals surface area (Å²) < 4.78 is 14.9. The maximum Gasteiger partial charge on any atom is 0.344 e. The first-order valence-corrected chi connectivity index (χ1v) is 5.53. The third-order valence-electron chi connectivity index (χ3n) is 2.75. The van der Waals surface area contributed by atoms with Crippen LogP contribution in [0, 0.1) is 0 Å². The number of carbonyl (C=O) groups excluding carboxylic acids is 1. The number of carbonyl (C=O) groups is 1. The fraction of sp³-hybridized carbons (Fsp3) is 0.250. The molecule has 20 heavy (non-hydrogen) atoms. The van der Waals surface area contributed by atoms with Crippen LogP contribution < -0.4 is 20.6 Å². The van der Waals surface area contributed by atoms with Gasteiger partial charge in [0, 0.05) is 6.07 Å². The molecule has 0 fully saturated rings. The van der Waals surface area contributed by atoms with E-state index in [1.807, 2.05) is 0 Å². The molecule has 0 saturated heterocycles. The number of fused-ring (bicyclic) bond motifs is 1. The van der Waals surface area contributed by atoms with Gasteiger partial charge in [-0.1, -0.05) is 0 Å². The van der Waals surface area contributed by atoms with Crippen molar-refractivity contribution in [1.29, 1.82) is 0 Å². The van der Waals surface area contributed by atoms with Gasteiger partial charge in [0.1, 0.15) is 5.56 Å². The second kappa shape index (κ2) is 5.08. The number of ether oxygens (including phenoxy) is 3. The van der Waals surface area contributed by atoms with Crippen molar-refractivity contribution in [2.45, 2.75) is 0 Å². The summed E-state index contributed by atoms with van der Waals surface area (Å²) in [7, 11) is 3.92. The molecule has 106 valence electrons. The lowest BCUT2D eigenvalue weighted by Gasteiger charge is -2.13. The molecule has 1 aromatic carbocycles. The van der Waals surface area contributed by atoms with E-state index in [1.54, 1.807) is 0 Å². The quantitative estimate of drug-likeness (QED) is 0.605. The summed E-state index contributed by atoms with van der Waals surface area (Å²) in [5.74, 6) is -0.397. The molecule has 8 nitrogen and oxygen atoms in total. The number of methoxy groups -OCH3 is 3. The van der Waals surface area contributed by atoms with Gasteiger partial charge in [-0.15, -0.1) is 0 Å². The standard InChI is InChI=1S/C12H12N2O6/c1-18-6-4-5-8(14-11(16)10(15)13-5)7(9(6)19-2)12(17)20-3/h4H,1-3H3,(H,13,15)(H,14,16). The van der Waals surface area contributed by atoms with Crippen molar-refractivity contribution in [3.8, 4) is 11.5 Å². The summed E-state index contributed by atoms with van der Waals surface area (Å²) in [6, 6.07) is 1.44. The summed E-state index contributed by atoms with van der Waals surface area (Å²) in [5.41, 5.74) is -1.40. The first kappa shape index (κ1) is 13.7. The van der Waals surface area contributed by atoms with Gasteiger partial charge in [0.2, 0.25) is 0 Å². The molecule has 0 spiro atoms. The normalized spacial score (nSPS) is 10.3. The van der Waals surface area contributed by atoms with Gasteiger partial charge >= 0.3 is 17.1 Å². The maximum atomic E-state index is 11.9. The van der Waals surface area contributed by atoms with Gasteiger partial charge in [0.25, 0.3) is 0 Å². The molecule has 2 aromatic rings. The number of esters is 1. The van der Waals surface area contributed by atoms with Crippen LogP contribution in [-0.4, -0.2) is 37.3 Å². The van der Waals surface area contributed by atoms with Crippen molar-refractivity contribution in [2.75, 3.05) is 21.3 Å². The summed E-state index contributed by atoms with van der Waals surface area (Å²) in [4.78, 5) is 39.4. The Labute approximate surface area is 112 Å². The average Bonchev–Trinajstić information content (AvgIpc) is 2.45. The summed E-state index contributed by atoms with van der Waals surface area (Å²) in [6.45, 7) is 0. The van der Waals surface area contributed by atoms with Gasteiger partial charge in [0.05, 0.1) is 32.4 Å². The summed E-state index contributed by atoms with van der Waals surface area (Å²) in [5, 5.41) is 0. The van der Waals surface area contributed by atoms with Crippen LogP contribution in [0.2, 0.25) is 0 Å². The van der Waals surface area contributed by atoms with Gasteiger partial charge in [-0.3, -0.25) is 9.59 Å². The Morgan fingerprint density at radius 1 is 1.05 bits per heavy atom. The number of nitrogens with one attached hydrogen (secondary N) is 2. The van der Waals surface area contributed by atoms with Gasteiger partial charge < -0.3 is 24.2 Å². The molecule has 1 heterocycles. The molecule has 0 atom stereocenters. The molecule has 0 unspecified atom stereocenters. The third kappa shape index (κ3) is 2.00. The highest BCUT2D eigenvalue weighted by Gasteiger charge is 2.23. The maximum absolute atomic E-state index is 11.9. The lowest BCUT2D eigenvalue weighted by atomic mass is 10.1. The van der Waals surface area contributed by atoms with Crippen LogP contribution in [0.1, 0.15) is 10.4 Å². The highest BCUT2D eigenvalue weighted by molar-refractivity contribution is 6.05. The lowest BCUT2D eigenvalue weighted by Crippen LogP contribution is -2.29. The van der Waals surface area contributed by atoms with Crippen molar-refractivity contribution in [3.63, 3.8) is 0 Å².